The van der Waals surface area contributed by atoms with Gasteiger partial charge in [-0.25, -0.2) is 9.59 Å². The van der Waals surface area contributed by atoms with E-state index in [-0.39, 0.29) is 25.5 Å². The third-order valence-electron chi connectivity index (χ3n) is 3.31. The fourth-order valence-electron chi connectivity index (χ4n) is 2.27. The van der Waals surface area contributed by atoms with Gasteiger partial charge in [0.2, 0.25) is 0 Å². The zero-order chi connectivity index (χ0) is 17.2. The molecule has 0 radical (unpaired) electrons. The second-order valence-corrected chi connectivity index (χ2v) is 7.20. The van der Waals surface area contributed by atoms with Gasteiger partial charge in [-0.3, -0.25) is 4.79 Å². The van der Waals surface area contributed by atoms with E-state index in [0.717, 1.165) is 0 Å². The van der Waals surface area contributed by atoms with Crippen molar-refractivity contribution in [1.29, 1.82) is 0 Å². The van der Waals surface area contributed by atoms with E-state index >= 15 is 0 Å². The van der Waals surface area contributed by atoms with Crippen LogP contribution in [-0.4, -0.2) is 64.2 Å². The minimum atomic E-state index is -1.14. The Hall–Kier alpha value is -2.09. The molecule has 1 atom stereocenters. The number of ether oxygens (including phenoxy) is 1. The van der Waals surface area contributed by atoms with Crippen LogP contribution >= 0.6 is 11.3 Å². The predicted octanol–water partition coefficient (Wildman–Crippen LogP) is 1.89. The fraction of sp³-hybridized carbons (Fsp3) is 0.533. The summed E-state index contributed by atoms with van der Waals surface area (Å²) in [6.07, 6.45) is -0.563. The number of carbonyl (C=O) groups excluding carboxylic acids is 2. The lowest BCUT2D eigenvalue weighted by molar-refractivity contribution is -0.144. The van der Waals surface area contributed by atoms with Gasteiger partial charge in [-0.1, -0.05) is 6.07 Å². The van der Waals surface area contributed by atoms with Gasteiger partial charge in [-0.15, -0.1) is 11.3 Å². The average Bonchev–Trinajstić information content (AvgIpc) is 2.98. The number of nitrogens with zero attached hydrogens (tertiary/aromatic N) is 2. The third-order valence-corrected chi connectivity index (χ3v) is 4.17. The highest BCUT2D eigenvalue weighted by Crippen LogP contribution is 2.19. The molecule has 1 aromatic heterocycles. The van der Waals surface area contributed by atoms with E-state index in [4.69, 9.17) is 4.74 Å². The molecule has 2 rings (SSSR count). The number of carboxylic acids is 1. The van der Waals surface area contributed by atoms with E-state index in [1.165, 1.54) is 21.1 Å². The van der Waals surface area contributed by atoms with E-state index in [9.17, 15) is 19.5 Å². The summed E-state index contributed by atoms with van der Waals surface area (Å²) in [4.78, 5) is 39.2. The molecule has 0 bridgehead atoms. The van der Waals surface area contributed by atoms with Gasteiger partial charge in [-0.2, -0.15) is 0 Å². The first-order chi connectivity index (χ1) is 10.7. The van der Waals surface area contributed by atoms with Gasteiger partial charge in [0.15, 0.2) is 0 Å². The second-order valence-electron chi connectivity index (χ2n) is 6.26. The maximum absolute atomic E-state index is 12.4. The number of thiophene rings is 1. The number of carbonyl (C=O) groups is 3. The Bertz CT molecular complexity index is 594. The zero-order valence-corrected chi connectivity index (χ0v) is 14.1. The van der Waals surface area contributed by atoms with Crippen LogP contribution in [0.1, 0.15) is 30.4 Å². The Kier molecular flexibility index (Phi) is 4.93. The molecule has 7 nitrogen and oxygen atoms in total. The summed E-state index contributed by atoms with van der Waals surface area (Å²) >= 11 is 1.26. The van der Waals surface area contributed by atoms with E-state index in [1.54, 1.807) is 38.3 Å². The summed E-state index contributed by atoms with van der Waals surface area (Å²) in [6.45, 7) is 5.56. The Morgan fingerprint density at radius 3 is 2.52 bits per heavy atom. The van der Waals surface area contributed by atoms with Crippen LogP contribution in [0.3, 0.4) is 0 Å². The lowest BCUT2D eigenvalue weighted by atomic mass is 10.1. The first-order valence-electron chi connectivity index (χ1n) is 7.24. The van der Waals surface area contributed by atoms with E-state index in [1.807, 2.05) is 0 Å². The Morgan fingerprint density at radius 2 is 2.00 bits per heavy atom. The van der Waals surface area contributed by atoms with Crippen molar-refractivity contribution in [2.45, 2.75) is 32.4 Å². The number of rotatable bonds is 2. The topological polar surface area (TPSA) is 87.2 Å². The van der Waals surface area contributed by atoms with Gasteiger partial charge < -0.3 is 19.6 Å². The monoisotopic (exact) mass is 340 g/mol. The van der Waals surface area contributed by atoms with Crippen molar-refractivity contribution in [3.8, 4) is 0 Å². The zero-order valence-electron chi connectivity index (χ0n) is 13.3. The first kappa shape index (κ1) is 17.3. The molecule has 0 spiro atoms. The Labute approximate surface area is 138 Å². The molecule has 0 aliphatic carbocycles. The highest BCUT2D eigenvalue weighted by atomic mass is 32.1. The molecule has 1 fully saturated rings. The van der Waals surface area contributed by atoms with Crippen LogP contribution in [-0.2, 0) is 9.53 Å². The van der Waals surface area contributed by atoms with Gasteiger partial charge in [0.05, 0.1) is 11.4 Å². The van der Waals surface area contributed by atoms with Gasteiger partial charge in [-0.05, 0) is 32.2 Å². The maximum Gasteiger partial charge on any atom is 0.410 e. The van der Waals surface area contributed by atoms with Crippen molar-refractivity contribution in [2.24, 2.45) is 0 Å². The minimum absolute atomic E-state index is 0.0820. The lowest BCUT2D eigenvalue weighted by Crippen LogP contribution is -2.59. The Balaban J connectivity index is 2.11. The van der Waals surface area contributed by atoms with Gasteiger partial charge in [0.1, 0.15) is 11.6 Å². The number of piperazine rings is 1. The van der Waals surface area contributed by atoms with Crippen molar-refractivity contribution in [2.75, 3.05) is 19.6 Å². The molecule has 0 saturated carbocycles. The summed E-state index contributed by atoms with van der Waals surface area (Å²) in [5, 5.41) is 11.2. The number of carboxylic acid groups (broad SMARTS) is 1. The van der Waals surface area contributed by atoms with Crippen LogP contribution in [0, 0.1) is 0 Å². The summed E-state index contributed by atoms with van der Waals surface area (Å²) < 4.78 is 5.27. The van der Waals surface area contributed by atoms with Crippen molar-refractivity contribution < 1.29 is 24.2 Å². The second kappa shape index (κ2) is 6.57. The molecule has 1 aliphatic rings. The van der Waals surface area contributed by atoms with Crippen LogP contribution in [0.25, 0.3) is 0 Å². The molecular weight excluding hydrogens is 320 g/mol. The highest BCUT2D eigenvalue weighted by Gasteiger charge is 2.38. The van der Waals surface area contributed by atoms with E-state index < -0.39 is 23.7 Å². The molecule has 0 unspecified atom stereocenters. The van der Waals surface area contributed by atoms with Crippen LogP contribution < -0.4 is 0 Å². The quantitative estimate of drug-likeness (QED) is 0.888. The lowest BCUT2D eigenvalue weighted by Gasteiger charge is -2.39. The van der Waals surface area contributed by atoms with E-state index in [0.29, 0.717) is 4.88 Å². The molecule has 0 aromatic carbocycles. The smallest absolute Gasteiger partial charge is 0.410 e. The number of amides is 2. The molecule has 1 saturated heterocycles. The Morgan fingerprint density at radius 1 is 1.30 bits per heavy atom. The van der Waals surface area contributed by atoms with Crippen LogP contribution in [0.4, 0.5) is 4.79 Å². The minimum Gasteiger partial charge on any atom is -0.480 e. The van der Waals surface area contributed by atoms with Gasteiger partial charge in [0.25, 0.3) is 5.91 Å². The summed E-state index contributed by atoms with van der Waals surface area (Å²) in [5.74, 6) is -1.46. The highest BCUT2D eigenvalue weighted by molar-refractivity contribution is 7.12. The normalized spacial score (nSPS) is 18.7. The molecule has 1 N–H and O–H groups in total. The fourth-order valence-corrected chi connectivity index (χ4v) is 2.95. The third kappa shape index (κ3) is 4.22. The number of hydrogen-bond donors (Lipinski definition) is 1. The van der Waals surface area contributed by atoms with Gasteiger partial charge in [0, 0.05) is 13.1 Å². The van der Waals surface area contributed by atoms with Crippen molar-refractivity contribution >= 4 is 29.3 Å². The summed E-state index contributed by atoms with van der Waals surface area (Å²) in [6, 6.07) is 2.32. The largest absolute Gasteiger partial charge is 0.480 e. The average molecular weight is 340 g/mol. The summed E-state index contributed by atoms with van der Waals surface area (Å²) in [5.41, 5.74) is -0.653. The molecule has 23 heavy (non-hydrogen) atoms. The molecule has 1 aromatic rings. The van der Waals surface area contributed by atoms with Crippen LogP contribution in [0.5, 0.6) is 0 Å². The van der Waals surface area contributed by atoms with E-state index in [2.05, 4.69) is 0 Å². The standard InChI is InChI=1S/C15H20N2O5S/c1-15(2,3)22-14(21)16-6-7-17(10(9-16)13(19)20)12(18)11-5-4-8-23-11/h4-5,8,10H,6-7,9H2,1-3H3,(H,19,20)/t10-/m1/s1. The predicted molar refractivity (Wildman–Crippen MR) is 84.6 cm³/mol. The molecular formula is C15H20N2O5S. The summed E-state index contributed by atoms with van der Waals surface area (Å²) in [7, 11) is 0. The maximum atomic E-state index is 12.4. The van der Waals surface area contributed by atoms with Crippen LogP contribution in [0.2, 0.25) is 0 Å². The SMILES string of the molecule is CC(C)(C)OC(=O)N1CCN(C(=O)c2cccs2)[C@@H](C(=O)O)C1. The molecule has 8 heteroatoms. The van der Waals surface area contributed by atoms with Crippen molar-refractivity contribution in [1.82, 2.24) is 9.80 Å². The van der Waals surface area contributed by atoms with Crippen molar-refractivity contribution in [3.63, 3.8) is 0 Å². The first-order valence-corrected chi connectivity index (χ1v) is 8.12. The number of aliphatic carboxylic acids is 1. The number of hydrogen-bond acceptors (Lipinski definition) is 5. The molecule has 1 aliphatic heterocycles. The molecule has 2 heterocycles. The van der Waals surface area contributed by atoms with Crippen molar-refractivity contribution in [3.05, 3.63) is 22.4 Å². The van der Waals surface area contributed by atoms with Crippen LogP contribution in [0.15, 0.2) is 17.5 Å². The molecule has 126 valence electrons. The molecule has 2 amide bonds. The van der Waals surface area contributed by atoms with Gasteiger partial charge >= 0.3 is 12.1 Å².